The summed E-state index contributed by atoms with van der Waals surface area (Å²) in [5.41, 5.74) is 0.751. The average molecular weight is 248 g/mol. The van der Waals surface area contributed by atoms with Crippen molar-refractivity contribution in [1.29, 1.82) is 0 Å². The molecule has 0 saturated carbocycles. The fourth-order valence-electron chi connectivity index (χ4n) is 1.77. The van der Waals surface area contributed by atoms with Crippen molar-refractivity contribution in [2.75, 3.05) is 32.5 Å². The van der Waals surface area contributed by atoms with Crippen molar-refractivity contribution in [1.82, 2.24) is 14.9 Å². The fraction of sp³-hybridized carbons (Fsp3) is 0.385. The Balaban J connectivity index is 2.10. The second kappa shape index (κ2) is 5.73. The summed E-state index contributed by atoms with van der Waals surface area (Å²) < 4.78 is 13.2. The Morgan fingerprint density at radius 1 is 1.28 bits per heavy atom. The molecule has 1 aromatic carbocycles. The summed E-state index contributed by atoms with van der Waals surface area (Å²) in [5.74, 6) is 0.423. The third kappa shape index (κ3) is 3.13. The average Bonchev–Trinajstić information content (AvgIpc) is 2.34. The standard InChI is InChI=1S/C13H17FN4/c1-18(2)7-3-6-15-13-11-8-10(14)4-5-12(11)16-9-17-13/h4-5,8-9H,3,6-7H2,1-2H3,(H,15,16,17). The minimum atomic E-state index is -0.270. The Morgan fingerprint density at radius 3 is 2.89 bits per heavy atom. The Morgan fingerprint density at radius 2 is 2.11 bits per heavy atom. The molecule has 96 valence electrons. The van der Waals surface area contributed by atoms with Gasteiger partial charge in [0.15, 0.2) is 0 Å². The van der Waals surface area contributed by atoms with Gasteiger partial charge in [-0.3, -0.25) is 0 Å². The second-order valence-electron chi connectivity index (χ2n) is 4.47. The van der Waals surface area contributed by atoms with Crippen LogP contribution in [0, 0.1) is 5.82 Å². The van der Waals surface area contributed by atoms with Gasteiger partial charge in [-0.1, -0.05) is 0 Å². The number of hydrogen-bond donors (Lipinski definition) is 1. The highest BCUT2D eigenvalue weighted by molar-refractivity contribution is 5.88. The molecule has 0 aliphatic rings. The van der Waals surface area contributed by atoms with Crippen LogP contribution in [0.5, 0.6) is 0 Å². The van der Waals surface area contributed by atoms with Crippen LogP contribution in [0.2, 0.25) is 0 Å². The van der Waals surface area contributed by atoms with Gasteiger partial charge in [-0.05, 0) is 45.3 Å². The van der Waals surface area contributed by atoms with Gasteiger partial charge < -0.3 is 10.2 Å². The third-order valence-corrected chi connectivity index (χ3v) is 2.67. The van der Waals surface area contributed by atoms with Gasteiger partial charge in [0.25, 0.3) is 0 Å². The fourth-order valence-corrected chi connectivity index (χ4v) is 1.77. The molecule has 2 aromatic rings. The number of nitrogens with zero attached hydrogens (tertiary/aromatic N) is 3. The van der Waals surface area contributed by atoms with Crippen LogP contribution in [0.1, 0.15) is 6.42 Å². The lowest BCUT2D eigenvalue weighted by Crippen LogP contribution is -2.16. The number of rotatable bonds is 5. The minimum absolute atomic E-state index is 0.270. The number of anilines is 1. The first-order valence-electron chi connectivity index (χ1n) is 5.95. The summed E-state index contributed by atoms with van der Waals surface area (Å²) in [4.78, 5) is 10.4. The SMILES string of the molecule is CN(C)CCCNc1ncnc2ccc(F)cc12. The smallest absolute Gasteiger partial charge is 0.137 e. The number of hydrogen-bond acceptors (Lipinski definition) is 4. The van der Waals surface area contributed by atoms with Gasteiger partial charge in [-0.15, -0.1) is 0 Å². The van der Waals surface area contributed by atoms with Crippen molar-refractivity contribution in [3.05, 3.63) is 30.3 Å². The van der Waals surface area contributed by atoms with E-state index in [-0.39, 0.29) is 5.82 Å². The molecule has 0 atom stereocenters. The van der Waals surface area contributed by atoms with Crippen molar-refractivity contribution in [3.8, 4) is 0 Å². The molecule has 5 heteroatoms. The highest BCUT2D eigenvalue weighted by Crippen LogP contribution is 2.19. The molecule has 0 fully saturated rings. The molecular formula is C13H17FN4. The highest BCUT2D eigenvalue weighted by Gasteiger charge is 2.04. The first kappa shape index (κ1) is 12.7. The number of aromatic nitrogens is 2. The monoisotopic (exact) mass is 248 g/mol. The maximum Gasteiger partial charge on any atom is 0.137 e. The Kier molecular flexibility index (Phi) is 4.04. The van der Waals surface area contributed by atoms with Crippen LogP contribution in [0.25, 0.3) is 10.9 Å². The zero-order valence-electron chi connectivity index (χ0n) is 10.7. The number of halogens is 1. The van der Waals surface area contributed by atoms with Gasteiger partial charge in [-0.2, -0.15) is 0 Å². The van der Waals surface area contributed by atoms with E-state index in [1.165, 1.54) is 18.5 Å². The third-order valence-electron chi connectivity index (χ3n) is 2.67. The van der Waals surface area contributed by atoms with Gasteiger partial charge in [0.05, 0.1) is 5.52 Å². The molecule has 0 bridgehead atoms. The van der Waals surface area contributed by atoms with E-state index in [4.69, 9.17) is 0 Å². The summed E-state index contributed by atoms with van der Waals surface area (Å²) in [6.07, 6.45) is 2.50. The number of nitrogens with one attached hydrogen (secondary N) is 1. The maximum atomic E-state index is 13.2. The summed E-state index contributed by atoms with van der Waals surface area (Å²) in [6.45, 7) is 1.81. The van der Waals surface area contributed by atoms with E-state index in [9.17, 15) is 4.39 Å². The van der Waals surface area contributed by atoms with E-state index in [2.05, 4.69) is 20.2 Å². The summed E-state index contributed by atoms with van der Waals surface area (Å²) in [5, 5.41) is 3.95. The van der Waals surface area contributed by atoms with Crippen LogP contribution in [0.15, 0.2) is 24.5 Å². The van der Waals surface area contributed by atoms with Crippen LogP contribution in [0.3, 0.4) is 0 Å². The Labute approximate surface area is 106 Å². The van der Waals surface area contributed by atoms with Crippen LogP contribution in [0.4, 0.5) is 10.2 Å². The predicted octanol–water partition coefficient (Wildman–Crippen LogP) is 2.13. The zero-order chi connectivity index (χ0) is 13.0. The van der Waals surface area contributed by atoms with Gasteiger partial charge >= 0.3 is 0 Å². The van der Waals surface area contributed by atoms with Crippen molar-refractivity contribution >= 4 is 16.7 Å². The molecule has 1 heterocycles. The van der Waals surface area contributed by atoms with Crippen LogP contribution >= 0.6 is 0 Å². The Hall–Kier alpha value is -1.75. The topological polar surface area (TPSA) is 41.0 Å². The van der Waals surface area contributed by atoms with E-state index in [1.807, 2.05) is 14.1 Å². The molecule has 18 heavy (non-hydrogen) atoms. The van der Waals surface area contributed by atoms with Gasteiger partial charge in [0.2, 0.25) is 0 Å². The first-order chi connectivity index (χ1) is 8.66. The van der Waals surface area contributed by atoms with E-state index in [1.54, 1.807) is 6.07 Å². The van der Waals surface area contributed by atoms with Crippen molar-refractivity contribution in [3.63, 3.8) is 0 Å². The zero-order valence-corrected chi connectivity index (χ0v) is 10.7. The van der Waals surface area contributed by atoms with Crippen molar-refractivity contribution in [2.24, 2.45) is 0 Å². The van der Waals surface area contributed by atoms with Crippen LogP contribution in [-0.2, 0) is 0 Å². The molecule has 0 aliphatic carbocycles. The normalized spacial score (nSPS) is 11.1. The van der Waals surface area contributed by atoms with Crippen molar-refractivity contribution < 1.29 is 4.39 Å². The number of benzene rings is 1. The summed E-state index contributed by atoms with van der Waals surface area (Å²) in [7, 11) is 4.07. The van der Waals surface area contributed by atoms with E-state index >= 15 is 0 Å². The quantitative estimate of drug-likeness (QED) is 0.823. The lowest BCUT2D eigenvalue weighted by atomic mass is 10.2. The molecule has 4 nitrogen and oxygen atoms in total. The summed E-state index contributed by atoms with van der Waals surface area (Å²) in [6, 6.07) is 4.53. The van der Waals surface area contributed by atoms with Crippen molar-refractivity contribution in [2.45, 2.75) is 6.42 Å². The van der Waals surface area contributed by atoms with Gasteiger partial charge in [0.1, 0.15) is 18.0 Å². The lowest BCUT2D eigenvalue weighted by Gasteiger charge is -2.11. The molecule has 0 spiro atoms. The first-order valence-corrected chi connectivity index (χ1v) is 5.95. The molecule has 0 amide bonds. The van der Waals surface area contributed by atoms with Crippen LogP contribution < -0.4 is 5.32 Å². The second-order valence-corrected chi connectivity index (χ2v) is 4.47. The van der Waals surface area contributed by atoms with Crippen LogP contribution in [-0.4, -0.2) is 42.1 Å². The lowest BCUT2D eigenvalue weighted by molar-refractivity contribution is 0.405. The molecule has 2 rings (SSSR count). The minimum Gasteiger partial charge on any atom is -0.369 e. The van der Waals surface area contributed by atoms with E-state index in [0.717, 1.165) is 30.4 Å². The molecular weight excluding hydrogens is 231 g/mol. The molecule has 1 aromatic heterocycles. The molecule has 0 aliphatic heterocycles. The molecule has 1 N–H and O–H groups in total. The number of fused-ring (bicyclic) bond motifs is 1. The predicted molar refractivity (Wildman–Crippen MR) is 71.2 cm³/mol. The molecule has 0 unspecified atom stereocenters. The molecule has 0 radical (unpaired) electrons. The highest BCUT2D eigenvalue weighted by atomic mass is 19.1. The van der Waals surface area contributed by atoms with Gasteiger partial charge in [0, 0.05) is 11.9 Å². The van der Waals surface area contributed by atoms with E-state index < -0.39 is 0 Å². The van der Waals surface area contributed by atoms with Gasteiger partial charge in [-0.25, -0.2) is 14.4 Å². The molecule has 0 saturated heterocycles. The largest absolute Gasteiger partial charge is 0.369 e. The summed E-state index contributed by atoms with van der Waals surface area (Å²) >= 11 is 0. The Bertz CT molecular complexity index is 527. The van der Waals surface area contributed by atoms with E-state index in [0.29, 0.717) is 5.82 Å². The maximum absolute atomic E-state index is 13.2.